The molecule has 0 atom stereocenters. The van der Waals surface area contributed by atoms with Crippen LogP contribution in [0.15, 0.2) is 24.3 Å². The van der Waals surface area contributed by atoms with Crippen molar-refractivity contribution in [1.29, 1.82) is 0 Å². The van der Waals surface area contributed by atoms with Crippen molar-refractivity contribution in [1.82, 2.24) is 10.2 Å². The van der Waals surface area contributed by atoms with Crippen molar-refractivity contribution in [2.24, 2.45) is 0 Å². The minimum absolute atomic E-state index is 0.168. The highest BCUT2D eigenvalue weighted by Crippen LogP contribution is 2.05. The van der Waals surface area contributed by atoms with Gasteiger partial charge in [0, 0.05) is 32.8 Å². The normalized spacial score (nSPS) is 11.2. The van der Waals surface area contributed by atoms with Crippen LogP contribution in [0, 0.1) is 5.82 Å². The molecule has 3 nitrogen and oxygen atoms in total. The van der Waals surface area contributed by atoms with E-state index in [4.69, 9.17) is 4.74 Å². The summed E-state index contributed by atoms with van der Waals surface area (Å²) < 4.78 is 18.5. The Kier molecular flexibility index (Phi) is 9.20. The molecule has 0 heterocycles. The van der Waals surface area contributed by atoms with Crippen molar-refractivity contribution >= 4 is 0 Å². The first-order chi connectivity index (χ1) is 9.72. The van der Waals surface area contributed by atoms with E-state index in [1.54, 1.807) is 12.1 Å². The van der Waals surface area contributed by atoms with Crippen LogP contribution in [0.5, 0.6) is 0 Å². The highest BCUT2D eigenvalue weighted by Gasteiger charge is 2.01. The van der Waals surface area contributed by atoms with Crippen LogP contribution in [0.25, 0.3) is 0 Å². The molecule has 0 aliphatic rings. The molecule has 0 unspecified atom stereocenters. The second-order valence-corrected chi connectivity index (χ2v) is 5.08. The van der Waals surface area contributed by atoms with Crippen molar-refractivity contribution in [2.75, 3.05) is 39.9 Å². The quantitative estimate of drug-likeness (QED) is 0.632. The first-order valence-electron chi connectivity index (χ1n) is 7.44. The fraction of sp³-hybridized carbons (Fsp3) is 0.625. The van der Waals surface area contributed by atoms with Gasteiger partial charge in [-0.3, -0.25) is 0 Å². The van der Waals surface area contributed by atoms with E-state index in [0.717, 1.165) is 51.4 Å². The van der Waals surface area contributed by atoms with Crippen molar-refractivity contribution in [3.8, 4) is 0 Å². The van der Waals surface area contributed by atoms with Gasteiger partial charge in [0.2, 0.25) is 0 Å². The van der Waals surface area contributed by atoms with E-state index in [9.17, 15) is 4.39 Å². The van der Waals surface area contributed by atoms with Crippen molar-refractivity contribution in [3.63, 3.8) is 0 Å². The van der Waals surface area contributed by atoms with Gasteiger partial charge in [-0.15, -0.1) is 0 Å². The number of hydrogen-bond acceptors (Lipinski definition) is 3. The van der Waals surface area contributed by atoms with Crippen LogP contribution in [0.3, 0.4) is 0 Å². The molecule has 1 aromatic carbocycles. The zero-order valence-corrected chi connectivity index (χ0v) is 12.7. The summed E-state index contributed by atoms with van der Waals surface area (Å²) in [7, 11) is 2.05. The topological polar surface area (TPSA) is 24.5 Å². The van der Waals surface area contributed by atoms with Crippen LogP contribution in [-0.2, 0) is 11.3 Å². The first kappa shape index (κ1) is 17.1. The number of unbranched alkanes of at least 4 members (excludes halogenated alkanes) is 1. The largest absolute Gasteiger partial charge is 0.380 e. The third-order valence-electron chi connectivity index (χ3n) is 3.08. The van der Waals surface area contributed by atoms with E-state index in [2.05, 4.69) is 17.1 Å². The molecule has 1 N–H and O–H groups in total. The fourth-order valence-corrected chi connectivity index (χ4v) is 1.91. The van der Waals surface area contributed by atoms with E-state index in [0.29, 0.717) is 0 Å². The molecule has 0 amide bonds. The van der Waals surface area contributed by atoms with Gasteiger partial charge >= 0.3 is 0 Å². The molecule has 1 rings (SSSR count). The number of nitrogens with one attached hydrogen (secondary N) is 1. The number of benzene rings is 1. The summed E-state index contributed by atoms with van der Waals surface area (Å²) in [5.74, 6) is -0.168. The maximum atomic E-state index is 13.1. The Morgan fingerprint density at radius 1 is 1.25 bits per heavy atom. The van der Waals surface area contributed by atoms with E-state index in [-0.39, 0.29) is 5.82 Å². The molecule has 0 aliphatic heterocycles. The standard InChI is InChI=1S/C16H27FN2O/c1-3-4-11-20-12-9-18-8-10-19(2)14-15-6-5-7-16(17)13-15/h5-7,13,18H,3-4,8-12,14H2,1-2H3. The van der Waals surface area contributed by atoms with E-state index < -0.39 is 0 Å². The van der Waals surface area contributed by atoms with Crippen LogP contribution < -0.4 is 5.32 Å². The van der Waals surface area contributed by atoms with Crippen molar-refractivity contribution in [3.05, 3.63) is 35.6 Å². The number of ether oxygens (including phenoxy) is 1. The van der Waals surface area contributed by atoms with Gasteiger partial charge in [-0.1, -0.05) is 25.5 Å². The summed E-state index contributed by atoms with van der Waals surface area (Å²) in [5, 5.41) is 3.35. The summed E-state index contributed by atoms with van der Waals surface area (Å²) in [6, 6.07) is 6.77. The average Bonchev–Trinajstić information content (AvgIpc) is 2.42. The molecule has 0 spiro atoms. The van der Waals surface area contributed by atoms with E-state index in [1.807, 2.05) is 13.1 Å². The molecule has 1 aromatic rings. The SMILES string of the molecule is CCCCOCCNCCN(C)Cc1cccc(F)c1. The number of hydrogen-bond donors (Lipinski definition) is 1. The maximum absolute atomic E-state index is 13.1. The third-order valence-corrected chi connectivity index (χ3v) is 3.08. The number of halogens is 1. The molecular weight excluding hydrogens is 255 g/mol. The van der Waals surface area contributed by atoms with Gasteiger partial charge in [0.1, 0.15) is 5.82 Å². The van der Waals surface area contributed by atoms with Gasteiger partial charge in [0.15, 0.2) is 0 Å². The second kappa shape index (κ2) is 10.8. The molecule has 4 heteroatoms. The van der Waals surface area contributed by atoms with Gasteiger partial charge < -0.3 is 15.0 Å². The van der Waals surface area contributed by atoms with Crippen LogP contribution in [-0.4, -0.2) is 44.8 Å². The Morgan fingerprint density at radius 2 is 2.10 bits per heavy atom. The minimum Gasteiger partial charge on any atom is -0.380 e. The van der Waals surface area contributed by atoms with Gasteiger partial charge in [-0.05, 0) is 31.2 Å². The fourth-order valence-electron chi connectivity index (χ4n) is 1.91. The Bertz CT molecular complexity index is 360. The molecule has 0 radical (unpaired) electrons. The molecule has 114 valence electrons. The Labute approximate surface area is 122 Å². The molecule has 0 aliphatic carbocycles. The number of likely N-dealkylation sites (N-methyl/N-ethyl adjacent to an activating group) is 1. The highest BCUT2D eigenvalue weighted by atomic mass is 19.1. The van der Waals surface area contributed by atoms with Crippen molar-refractivity contribution < 1.29 is 9.13 Å². The minimum atomic E-state index is -0.168. The molecule has 0 saturated heterocycles. The molecule has 0 bridgehead atoms. The van der Waals surface area contributed by atoms with Gasteiger partial charge in [-0.25, -0.2) is 4.39 Å². The zero-order valence-electron chi connectivity index (χ0n) is 12.7. The lowest BCUT2D eigenvalue weighted by Gasteiger charge is -2.17. The van der Waals surface area contributed by atoms with E-state index >= 15 is 0 Å². The molecule has 0 aromatic heterocycles. The molecule has 0 saturated carbocycles. The van der Waals surface area contributed by atoms with Gasteiger partial charge in [0.25, 0.3) is 0 Å². The second-order valence-electron chi connectivity index (χ2n) is 5.08. The summed E-state index contributed by atoms with van der Waals surface area (Å²) in [6.07, 6.45) is 2.31. The Hall–Kier alpha value is -0.970. The summed E-state index contributed by atoms with van der Waals surface area (Å²) in [4.78, 5) is 2.18. The predicted molar refractivity (Wildman–Crippen MR) is 81.3 cm³/mol. The number of rotatable bonds is 11. The first-order valence-corrected chi connectivity index (χ1v) is 7.44. The summed E-state index contributed by atoms with van der Waals surface area (Å²) >= 11 is 0. The lowest BCUT2D eigenvalue weighted by atomic mass is 10.2. The average molecular weight is 282 g/mol. The monoisotopic (exact) mass is 282 g/mol. The Morgan fingerprint density at radius 3 is 2.85 bits per heavy atom. The molecule has 20 heavy (non-hydrogen) atoms. The van der Waals surface area contributed by atoms with Crippen LogP contribution in [0.1, 0.15) is 25.3 Å². The lowest BCUT2D eigenvalue weighted by Crippen LogP contribution is -2.30. The van der Waals surface area contributed by atoms with Crippen LogP contribution in [0.4, 0.5) is 4.39 Å². The van der Waals surface area contributed by atoms with Gasteiger partial charge in [0.05, 0.1) is 6.61 Å². The van der Waals surface area contributed by atoms with Crippen LogP contribution >= 0.6 is 0 Å². The predicted octanol–water partition coefficient (Wildman–Crippen LogP) is 2.66. The highest BCUT2D eigenvalue weighted by molar-refractivity contribution is 5.15. The van der Waals surface area contributed by atoms with Gasteiger partial charge in [-0.2, -0.15) is 0 Å². The third kappa shape index (κ3) is 8.25. The van der Waals surface area contributed by atoms with Crippen molar-refractivity contribution in [2.45, 2.75) is 26.3 Å². The lowest BCUT2D eigenvalue weighted by molar-refractivity contribution is 0.132. The maximum Gasteiger partial charge on any atom is 0.123 e. The van der Waals surface area contributed by atoms with E-state index in [1.165, 1.54) is 12.5 Å². The zero-order chi connectivity index (χ0) is 14.6. The number of nitrogens with zero attached hydrogens (tertiary/aromatic N) is 1. The molecule has 0 fully saturated rings. The van der Waals surface area contributed by atoms with Crippen LogP contribution in [0.2, 0.25) is 0 Å². The smallest absolute Gasteiger partial charge is 0.123 e. The Balaban J connectivity index is 2.01. The summed E-state index contributed by atoms with van der Waals surface area (Å²) in [6.45, 7) is 7.31. The summed E-state index contributed by atoms with van der Waals surface area (Å²) in [5.41, 5.74) is 1.01. The molecular formula is C16H27FN2O.